The van der Waals surface area contributed by atoms with Crippen molar-refractivity contribution in [2.45, 2.75) is 26.2 Å². The quantitative estimate of drug-likeness (QED) is 0.443. The molecule has 0 atom stereocenters. The number of hydrogen-bond acceptors (Lipinski definition) is 5. The number of anilines is 1. The average molecular weight is 224 g/mol. The summed E-state index contributed by atoms with van der Waals surface area (Å²) in [5.41, 5.74) is 12.0. The number of pyridine rings is 1. The van der Waals surface area contributed by atoms with Crippen molar-refractivity contribution in [1.82, 2.24) is 4.98 Å². The van der Waals surface area contributed by atoms with Crippen LogP contribution >= 0.6 is 0 Å². The Balaban J connectivity index is 2.99. The lowest BCUT2D eigenvalue weighted by Crippen LogP contribution is -2.05. The number of rotatable bonds is 5. The van der Waals surface area contributed by atoms with Crippen LogP contribution in [0.4, 0.5) is 11.5 Å². The number of nitrogens with two attached hydrogens (primary N) is 2. The molecule has 0 aliphatic rings. The van der Waals surface area contributed by atoms with Gasteiger partial charge in [-0.3, -0.25) is 10.1 Å². The van der Waals surface area contributed by atoms with E-state index >= 15 is 0 Å². The zero-order valence-electron chi connectivity index (χ0n) is 9.27. The Morgan fingerprint density at radius 3 is 2.75 bits per heavy atom. The van der Waals surface area contributed by atoms with Crippen molar-refractivity contribution >= 4 is 11.5 Å². The molecule has 88 valence electrons. The van der Waals surface area contributed by atoms with Crippen LogP contribution in [-0.4, -0.2) is 16.5 Å². The second-order valence-electron chi connectivity index (χ2n) is 3.66. The maximum absolute atomic E-state index is 10.9. The first kappa shape index (κ1) is 12.4. The molecular weight excluding hydrogens is 208 g/mol. The third-order valence-electron chi connectivity index (χ3n) is 2.33. The number of hydrogen-bond donors (Lipinski definition) is 2. The van der Waals surface area contributed by atoms with Gasteiger partial charge in [0.1, 0.15) is 11.5 Å². The van der Waals surface area contributed by atoms with Crippen LogP contribution in [0.3, 0.4) is 0 Å². The van der Waals surface area contributed by atoms with Crippen molar-refractivity contribution in [3.63, 3.8) is 0 Å². The molecule has 1 rings (SSSR count). The molecule has 1 aromatic heterocycles. The standard InChI is InChI=1S/C10H16N4O2/c1-7-6-9(12)13-8(4-2-3-5-11)10(7)14(15)16/h6H,2-5,11H2,1H3,(H2,12,13). The molecule has 6 nitrogen and oxygen atoms in total. The fourth-order valence-corrected chi connectivity index (χ4v) is 1.62. The zero-order chi connectivity index (χ0) is 12.1. The van der Waals surface area contributed by atoms with Crippen LogP contribution in [-0.2, 0) is 6.42 Å². The van der Waals surface area contributed by atoms with Crippen LogP contribution in [0.2, 0.25) is 0 Å². The Labute approximate surface area is 93.8 Å². The molecule has 1 heterocycles. The average Bonchev–Trinajstić information content (AvgIpc) is 2.16. The molecule has 0 saturated carbocycles. The molecule has 0 aliphatic heterocycles. The highest BCUT2D eigenvalue weighted by Crippen LogP contribution is 2.24. The normalized spacial score (nSPS) is 10.4. The number of aromatic nitrogens is 1. The van der Waals surface area contributed by atoms with Gasteiger partial charge in [0.2, 0.25) is 0 Å². The Morgan fingerprint density at radius 2 is 2.19 bits per heavy atom. The summed E-state index contributed by atoms with van der Waals surface area (Å²) in [7, 11) is 0. The molecule has 0 spiro atoms. The van der Waals surface area contributed by atoms with Gasteiger partial charge in [-0.1, -0.05) is 0 Å². The predicted octanol–water partition coefficient (Wildman–Crippen LogP) is 1.16. The molecule has 0 amide bonds. The minimum atomic E-state index is -0.403. The molecule has 0 radical (unpaired) electrons. The summed E-state index contributed by atoms with van der Waals surface area (Å²) in [5.74, 6) is 0.325. The molecule has 0 unspecified atom stereocenters. The highest BCUT2D eigenvalue weighted by Gasteiger charge is 2.19. The van der Waals surface area contributed by atoms with Gasteiger partial charge in [0, 0.05) is 5.56 Å². The molecule has 0 saturated heterocycles. The number of unbranched alkanes of at least 4 members (excludes halogenated alkanes) is 1. The summed E-state index contributed by atoms with van der Waals surface area (Å²) < 4.78 is 0. The number of aryl methyl sites for hydroxylation is 2. The maximum atomic E-state index is 10.9. The SMILES string of the molecule is Cc1cc(N)nc(CCCCN)c1[N+](=O)[O-]. The second kappa shape index (κ2) is 5.41. The van der Waals surface area contributed by atoms with Gasteiger partial charge in [-0.25, -0.2) is 4.98 Å². The highest BCUT2D eigenvalue weighted by molar-refractivity contribution is 5.49. The lowest BCUT2D eigenvalue weighted by Gasteiger charge is -2.05. The van der Waals surface area contributed by atoms with Crippen molar-refractivity contribution in [2.75, 3.05) is 12.3 Å². The van der Waals surface area contributed by atoms with E-state index < -0.39 is 4.92 Å². The lowest BCUT2D eigenvalue weighted by molar-refractivity contribution is -0.386. The lowest BCUT2D eigenvalue weighted by atomic mass is 10.1. The Hall–Kier alpha value is -1.69. The Morgan fingerprint density at radius 1 is 1.50 bits per heavy atom. The highest BCUT2D eigenvalue weighted by atomic mass is 16.6. The van der Waals surface area contributed by atoms with Gasteiger partial charge in [0.25, 0.3) is 5.69 Å². The first-order valence-electron chi connectivity index (χ1n) is 5.16. The van der Waals surface area contributed by atoms with Gasteiger partial charge in [-0.05, 0) is 38.8 Å². The van der Waals surface area contributed by atoms with E-state index in [9.17, 15) is 10.1 Å². The Kier molecular flexibility index (Phi) is 4.19. The number of nitrogens with zero attached hydrogens (tertiary/aromatic N) is 2. The summed E-state index contributed by atoms with van der Waals surface area (Å²) >= 11 is 0. The van der Waals surface area contributed by atoms with E-state index in [0.29, 0.717) is 30.0 Å². The molecule has 6 heteroatoms. The van der Waals surface area contributed by atoms with Gasteiger partial charge in [0.15, 0.2) is 0 Å². The van der Waals surface area contributed by atoms with E-state index in [2.05, 4.69) is 4.98 Å². The minimum absolute atomic E-state index is 0.0752. The summed E-state index contributed by atoms with van der Waals surface area (Å²) in [6.07, 6.45) is 2.15. The van der Waals surface area contributed by atoms with Crippen LogP contribution < -0.4 is 11.5 Å². The molecule has 0 bridgehead atoms. The van der Waals surface area contributed by atoms with Crippen LogP contribution in [0.15, 0.2) is 6.07 Å². The van der Waals surface area contributed by atoms with Gasteiger partial charge in [-0.2, -0.15) is 0 Å². The van der Waals surface area contributed by atoms with Gasteiger partial charge in [-0.15, -0.1) is 0 Å². The molecule has 16 heavy (non-hydrogen) atoms. The van der Waals surface area contributed by atoms with E-state index in [4.69, 9.17) is 11.5 Å². The summed E-state index contributed by atoms with van der Waals surface area (Å²) in [5, 5.41) is 10.9. The molecular formula is C10H16N4O2. The first-order valence-corrected chi connectivity index (χ1v) is 5.16. The maximum Gasteiger partial charge on any atom is 0.293 e. The van der Waals surface area contributed by atoms with Crippen molar-refractivity contribution in [3.05, 3.63) is 27.4 Å². The van der Waals surface area contributed by atoms with Crippen LogP contribution in [0, 0.1) is 17.0 Å². The van der Waals surface area contributed by atoms with Crippen LogP contribution in [0.5, 0.6) is 0 Å². The molecule has 1 aromatic rings. The van der Waals surface area contributed by atoms with E-state index in [1.54, 1.807) is 6.92 Å². The van der Waals surface area contributed by atoms with E-state index in [1.165, 1.54) is 6.07 Å². The molecule has 0 aromatic carbocycles. The third-order valence-corrected chi connectivity index (χ3v) is 2.33. The zero-order valence-corrected chi connectivity index (χ0v) is 9.27. The van der Waals surface area contributed by atoms with Crippen molar-refractivity contribution in [2.24, 2.45) is 5.73 Å². The van der Waals surface area contributed by atoms with Gasteiger partial charge < -0.3 is 11.5 Å². The first-order chi connectivity index (χ1) is 7.56. The predicted molar refractivity (Wildman–Crippen MR) is 62.0 cm³/mol. The fourth-order valence-electron chi connectivity index (χ4n) is 1.62. The minimum Gasteiger partial charge on any atom is -0.384 e. The van der Waals surface area contributed by atoms with E-state index in [0.717, 1.165) is 12.8 Å². The summed E-state index contributed by atoms with van der Waals surface area (Å²) in [6, 6.07) is 1.52. The fraction of sp³-hybridized carbons (Fsp3) is 0.500. The third kappa shape index (κ3) is 2.90. The summed E-state index contributed by atoms with van der Waals surface area (Å²) in [6.45, 7) is 2.25. The number of nitrogen functional groups attached to an aromatic ring is 1. The monoisotopic (exact) mass is 224 g/mol. The van der Waals surface area contributed by atoms with E-state index in [1.807, 2.05) is 0 Å². The van der Waals surface area contributed by atoms with Crippen molar-refractivity contribution in [3.8, 4) is 0 Å². The van der Waals surface area contributed by atoms with Crippen molar-refractivity contribution in [1.29, 1.82) is 0 Å². The largest absolute Gasteiger partial charge is 0.384 e. The van der Waals surface area contributed by atoms with Gasteiger partial charge in [0.05, 0.1) is 4.92 Å². The van der Waals surface area contributed by atoms with Crippen LogP contribution in [0.25, 0.3) is 0 Å². The van der Waals surface area contributed by atoms with E-state index in [-0.39, 0.29) is 5.69 Å². The van der Waals surface area contributed by atoms with Crippen LogP contribution in [0.1, 0.15) is 24.1 Å². The van der Waals surface area contributed by atoms with Gasteiger partial charge >= 0.3 is 0 Å². The van der Waals surface area contributed by atoms with Crippen molar-refractivity contribution < 1.29 is 4.92 Å². The molecule has 0 fully saturated rings. The molecule has 4 N–H and O–H groups in total. The molecule has 0 aliphatic carbocycles. The number of nitro groups is 1. The summed E-state index contributed by atoms with van der Waals surface area (Å²) in [4.78, 5) is 14.5. The smallest absolute Gasteiger partial charge is 0.293 e. The Bertz CT molecular complexity index is 393. The topological polar surface area (TPSA) is 108 Å². The second-order valence-corrected chi connectivity index (χ2v) is 3.66.